The molecule has 1 heterocycles. The van der Waals surface area contributed by atoms with Crippen molar-refractivity contribution in [1.82, 2.24) is 10.2 Å². The van der Waals surface area contributed by atoms with Gasteiger partial charge in [0.2, 0.25) is 0 Å². The SMILES string of the molecule is CC(C)c1cc2n[nH]c(C(C)C)c2cc1Cl. The fourth-order valence-corrected chi connectivity index (χ4v) is 2.33. The highest BCUT2D eigenvalue weighted by Crippen LogP contribution is 2.31. The van der Waals surface area contributed by atoms with E-state index in [2.05, 4.69) is 44.0 Å². The monoisotopic (exact) mass is 236 g/mol. The molecular formula is C13H17ClN2. The molecule has 0 bridgehead atoms. The molecule has 1 aromatic carbocycles. The van der Waals surface area contributed by atoms with Gasteiger partial charge in [-0.2, -0.15) is 5.10 Å². The van der Waals surface area contributed by atoms with Crippen LogP contribution in [0.1, 0.15) is 50.8 Å². The third-order valence-electron chi connectivity index (χ3n) is 2.90. The molecule has 0 aliphatic heterocycles. The Morgan fingerprint density at radius 2 is 1.81 bits per heavy atom. The summed E-state index contributed by atoms with van der Waals surface area (Å²) < 4.78 is 0. The van der Waals surface area contributed by atoms with Gasteiger partial charge in [0, 0.05) is 16.1 Å². The number of rotatable bonds is 2. The van der Waals surface area contributed by atoms with Crippen molar-refractivity contribution in [3.63, 3.8) is 0 Å². The largest absolute Gasteiger partial charge is 0.281 e. The van der Waals surface area contributed by atoms with E-state index in [-0.39, 0.29) is 0 Å². The fraction of sp³-hybridized carbons (Fsp3) is 0.462. The van der Waals surface area contributed by atoms with Crippen LogP contribution in [0.25, 0.3) is 10.9 Å². The van der Waals surface area contributed by atoms with Crippen molar-refractivity contribution in [2.24, 2.45) is 0 Å². The number of benzene rings is 1. The standard InChI is InChI=1S/C13H17ClN2/c1-7(2)9-6-12-10(5-11(9)14)13(8(3)4)16-15-12/h5-8H,1-4H3,(H,15,16). The van der Waals surface area contributed by atoms with Gasteiger partial charge < -0.3 is 0 Å². The van der Waals surface area contributed by atoms with Crippen LogP contribution in [0.4, 0.5) is 0 Å². The van der Waals surface area contributed by atoms with Gasteiger partial charge in [-0.05, 0) is 29.5 Å². The van der Waals surface area contributed by atoms with E-state index in [1.165, 1.54) is 0 Å². The molecule has 16 heavy (non-hydrogen) atoms. The lowest BCUT2D eigenvalue weighted by Gasteiger charge is -2.08. The Balaban J connectivity index is 2.66. The van der Waals surface area contributed by atoms with Crippen LogP contribution >= 0.6 is 11.6 Å². The highest BCUT2D eigenvalue weighted by Gasteiger charge is 2.13. The van der Waals surface area contributed by atoms with Crippen LogP contribution in [0.5, 0.6) is 0 Å². The fourth-order valence-electron chi connectivity index (χ4n) is 1.95. The molecule has 0 fully saturated rings. The van der Waals surface area contributed by atoms with Gasteiger partial charge in [0.05, 0.1) is 5.52 Å². The zero-order valence-corrected chi connectivity index (χ0v) is 10.9. The lowest BCUT2D eigenvalue weighted by Crippen LogP contribution is -1.90. The van der Waals surface area contributed by atoms with Crippen LogP contribution in [-0.4, -0.2) is 10.2 Å². The Labute approximate surface area is 101 Å². The molecule has 2 nitrogen and oxygen atoms in total. The van der Waals surface area contributed by atoms with Gasteiger partial charge in [-0.25, -0.2) is 0 Å². The molecule has 1 N–H and O–H groups in total. The highest BCUT2D eigenvalue weighted by molar-refractivity contribution is 6.32. The molecule has 0 unspecified atom stereocenters. The van der Waals surface area contributed by atoms with E-state index in [0.717, 1.165) is 27.2 Å². The van der Waals surface area contributed by atoms with Crippen molar-refractivity contribution in [3.8, 4) is 0 Å². The summed E-state index contributed by atoms with van der Waals surface area (Å²) in [6.07, 6.45) is 0. The summed E-state index contributed by atoms with van der Waals surface area (Å²) in [5, 5.41) is 9.42. The van der Waals surface area contributed by atoms with Crippen molar-refractivity contribution in [1.29, 1.82) is 0 Å². The van der Waals surface area contributed by atoms with Gasteiger partial charge in [-0.15, -0.1) is 0 Å². The first-order valence-corrected chi connectivity index (χ1v) is 6.06. The minimum absolute atomic E-state index is 0.427. The summed E-state index contributed by atoms with van der Waals surface area (Å²) in [6, 6.07) is 4.12. The number of hydrogen-bond acceptors (Lipinski definition) is 1. The van der Waals surface area contributed by atoms with E-state index < -0.39 is 0 Å². The molecule has 0 atom stereocenters. The Morgan fingerprint density at radius 1 is 1.12 bits per heavy atom. The Hall–Kier alpha value is -1.02. The average Bonchev–Trinajstić information content (AvgIpc) is 2.58. The average molecular weight is 237 g/mol. The topological polar surface area (TPSA) is 28.7 Å². The summed E-state index contributed by atoms with van der Waals surface area (Å²) in [7, 11) is 0. The van der Waals surface area contributed by atoms with Crippen molar-refractivity contribution >= 4 is 22.5 Å². The van der Waals surface area contributed by atoms with Crippen LogP contribution in [0.2, 0.25) is 5.02 Å². The molecule has 0 spiro atoms. The molecule has 0 aliphatic carbocycles. The molecule has 2 rings (SSSR count). The molecule has 1 aromatic heterocycles. The smallest absolute Gasteiger partial charge is 0.0927 e. The number of nitrogens with zero attached hydrogens (tertiary/aromatic N) is 1. The van der Waals surface area contributed by atoms with Crippen LogP contribution < -0.4 is 0 Å². The quantitative estimate of drug-likeness (QED) is 0.819. The number of H-pyrrole nitrogens is 1. The minimum atomic E-state index is 0.427. The van der Waals surface area contributed by atoms with Crippen molar-refractivity contribution in [2.45, 2.75) is 39.5 Å². The first-order chi connectivity index (χ1) is 7.50. The van der Waals surface area contributed by atoms with Gasteiger partial charge >= 0.3 is 0 Å². The summed E-state index contributed by atoms with van der Waals surface area (Å²) >= 11 is 6.29. The van der Waals surface area contributed by atoms with Crippen molar-refractivity contribution in [3.05, 3.63) is 28.4 Å². The number of hydrogen-bond donors (Lipinski definition) is 1. The molecule has 0 saturated heterocycles. The molecule has 2 aromatic rings. The predicted octanol–water partition coefficient (Wildman–Crippen LogP) is 4.46. The van der Waals surface area contributed by atoms with E-state index in [1.54, 1.807) is 0 Å². The molecule has 86 valence electrons. The Morgan fingerprint density at radius 3 is 2.38 bits per heavy atom. The van der Waals surface area contributed by atoms with Gasteiger partial charge in [0.25, 0.3) is 0 Å². The summed E-state index contributed by atoms with van der Waals surface area (Å²) in [5.74, 6) is 0.863. The zero-order chi connectivity index (χ0) is 11.9. The van der Waals surface area contributed by atoms with E-state index in [9.17, 15) is 0 Å². The zero-order valence-electron chi connectivity index (χ0n) is 10.1. The third kappa shape index (κ3) is 1.82. The van der Waals surface area contributed by atoms with Crippen molar-refractivity contribution in [2.75, 3.05) is 0 Å². The van der Waals surface area contributed by atoms with Gasteiger partial charge in [-0.1, -0.05) is 39.3 Å². The second kappa shape index (κ2) is 4.10. The maximum atomic E-state index is 6.29. The summed E-state index contributed by atoms with van der Waals surface area (Å²) in [6.45, 7) is 8.58. The molecule has 3 heteroatoms. The first-order valence-electron chi connectivity index (χ1n) is 5.68. The van der Waals surface area contributed by atoms with E-state index in [4.69, 9.17) is 11.6 Å². The summed E-state index contributed by atoms with van der Waals surface area (Å²) in [4.78, 5) is 0. The summed E-state index contributed by atoms with van der Waals surface area (Å²) in [5.41, 5.74) is 3.33. The van der Waals surface area contributed by atoms with E-state index in [0.29, 0.717) is 11.8 Å². The maximum Gasteiger partial charge on any atom is 0.0927 e. The van der Waals surface area contributed by atoms with Gasteiger partial charge in [0.1, 0.15) is 0 Å². The molecule has 0 aliphatic rings. The number of aromatic amines is 1. The van der Waals surface area contributed by atoms with Crippen LogP contribution in [0, 0.1) is 0 Å². The lowest BCUT2D eigenvalue weighted by atomic mass is 9.99. The predicted molar refractivity (Wildman–Crippen MR) is 69.3 cm³/mol. The van der Waals surface area contributed by atoms with Crippen molar-refractivity contribution < 1.29 is 0 Å². The van der Waals surface area contributed by atoms with Crippen LogP contribution in [0.3, 0.4) is 0 Å². The van der Waals surface area contributed by atoms with E-state index in [1.807, 2.05) is 6.07 Å². The normalized spacial score (nSPS) is 11.9. The maximum absolute atomic E-state index is 6.29. The molecular weight excluding hydrogens is 220 g/mol. The molecule has 0 radical (unpaired) electrons. The highest BCUT2D eigenvalue weighted by atomic mass is 35.5. The second-order valence-electron chi connectivity index (χ2n) is 4.84. The number of halogens is 1. The first kappa shape index (κ1) is 11.5. The minimum Gasteiger partial charge on any atom is -0.281 e. The van der Waals surface area contributed by atoms with Gasteiger partial charge in [-0.3, -0.25) is 5.10 Å². The molecule has 0 amide bonds. The second-order valence-corrected chi connectivity index (χ2v) is 5.24. The van der Waals surface area contributed by atoms with Gasteiger partial charge in [0.15, 0.2) is 0 Å². The third-order valence-corrected chi connectivity index (χ3v) is 3.23. The number of nitrogens with one attached hydrogen (secondary N) is 1. The number of aromatic nitrogens is 2. The lowest BCUT2D eigenvalue weighted by molar-refractivity contribution is 0.818. The van der Waals surface area contributed by atoms with Crippen LogP contribution in [-0.2, 0) is 0 Å². The van der Waals surface area contributed by atoms with E-state index >= 15 is 0 Å². The van der Waals surface area contributed by atoms with Crippen LogP contribution in [0.15, 0.2) is 12.1 Å². The Kier molecular flexibility index (Phi) is 2.94. The Bertz CT molecular complexity index is 512. The molecule has 0 saturated carbocycles. The number of fused-ring (bicyclic) bond motifs is 1.